The number of carbonyl (C=O) groups is 2. The van der Waals surface area contributed by atoms with Crippen LogP contribution < -0.4 is 22.5 Å². The molecule has 0 aromatic carbocycles. The summed E-state index contributed by atoms with van der Waals surface area (Å²) in [5.74, 6) is -3.55. The third-order valence-corrected chi connectivity index (χ3v) is 4.39. The lowest BCUT2D eigenvalue weighted by molar-refractivity contribution is -0.318. The number of hydrogen-bond acceptors (Lipinski definition) is 8. The van der Waals surface area contributed by atoms with Crippen LogP contribution in [0.1, 0.15) is 13.8 Å². The maximum Gasteiger partial charge on any atom is 0.157 e. The third-order valence-electron chi connectivity index (χ3n) is 1.12. The smallest absolute Gasteiger partial charge is 0.157 e. The van der Waals surface area contributed by atoms with Crippen molar-refractivity contribution in [3.05, 3.63) is 0 Å². The van der Waals surface area contributed by atoms with E-state index in [0.717, 1.165) is 13.8 Å². The molecule has 0 amide bonds. The summed E-state index contributed by atoms with van der Waals surface area (Å²) in [6, 6.07) is 0. The molecule has 0 aromatic rings. The highest BCUT2D eigenvalue weighted by molar-refractivity contribution is 8.77. The van der Waals surface area contributed by atoms with E-state index in [4.69, 9.17) is 10.2 Å². The van der Waals surface area contributed by atoms with Crippen molar-refractivity contribution in [2.75, 3.05) is 0 Å². The first-order chi connectivity index (χ1) is 6.09. The molecule has 0 fully saturated rings. The van der Waals surface area contributed by atoms with Crippen molar-refractivity contribution >= 4 is 33.5 Å². The van der Waals surface area contributed by atoms with Gasteiger partial charge in [-0.3, -0.25) is 0 Å². The Labute approximate surface area is 100.0 Å². The number of aliphatic carboxylic acids is 2. The summed E-state index contributed by atoms with van der Waals surface area (Å²) in [7, 11) is 0.523. The molecule has 0 aliphatic heterocycles. The van der Waals surface area contributed by atoms with Crippen molar-refractivity contribution in [1.29, 1.82) is 0 Å². The van der Waals surface area contributed by atoms with Gasteiger partial charge in [0.2, 0.25) is 0 Å². The van der Waals surface area contributed by atoms with Gasteiger partial charge in [0.25, 0.3) is 0 Å². The van der Waals surface area contributed by atoms with E-state index in [-0.39, 0.29) is 33.9 Å². The van der Waals surface area contributed by atoms with E-state index in [1.807, 2.05) is 0 Å². The number of quaternary nitrogens is 2. The standard InChI is InChI=1S/C6H10O6S2.2H3N/c1-5(11,3(7)8)13-14-6(2,12)4(9)10;;/h11-12H,1-2H3,(H,7,8)(H,9,10);2*1H3. The van der Waals surface area contributed by atoms with E-state index in [0.29, 0.717) is 0 Å². The topological polar surface area (TPSA) is 194 Å². The molecule has 0 saturated carbocycles. The van der Waals surface area contributed by atoms with Gasteiger partial charge in [0, 0.05) is 0 Å². The molecule has 8 nitrogen and oxygen atoms in total. The molecule has 10 N–H and O–H groups in total. The monoisotopic (exact) mass is 276 g/mol. The van der Waals surface area contributed by atoms with Crippen LogP contribution in [-0.2, 0) is 9.59 Å². The fourth-order valence-electron chi connectivity index (χ4n) is 0.230. The molecule has 0 aliphatic carbocycles. The Morgan fingerprint density at radius 1 is 0.938 bits per heavy atom. The quantitative estimate of drug-likeness (QED) is 0.328. The highest BCUT2D eigenvalue weighted by Crippen LogP contribution is 2.40. The van der Waals surface area contributed by atoms with Crippen LogP contribution in [0.5, 0.6) is 0 Å². The Hall–Kier alpha value is -0.520. The Balaban J connectivity index is -0.000000845. The minimum Gasteiger partial charge on any atom is -0.546 e. The molecule has 0 spiro atoms. The average Bonchev–Trinajstić information content (AvgIpc) is 2.01. The highest BCUT2D eigenvalue weighted by Gasteiger charge is 2.31. The van der Waals surface area contributed by atoms with Gasteiger partial charge in [-0.1, -0.05) is 0 Å². The van der Waals surface area contributed by atoms with E-state index < -0.39 is 21.8 Å². The summed E-state index contributed by atoms with van der Waals surface area (Å²) < 4.78 is 0. The molecule has 0 aromatic heterocycles. The van der Waals surface area contributed by atoms with Gasteiger partial charge in [0.15, 0.2) is 9.87 Å². The van der Waals surface area contributed by atoms with Gasteiger partial charge in [0.05, 0.1) is 11.9 Å². The second kappa shape index (κ2) is 6.93. The fourth-order valence-corrected chi connectivity index (χ4v) is 2.07. The maximum absolute atomic E-state index is 10.3. The molecular weight excluding hydrogens is 260 g/mol. The van der Waals surface area contributed by atoms with Crippen LogP contribution in [0.4, 0.5) is 0 Å². The van der Waals surface area contributed by atoms with E-state index in [2.05, 4.69) is 0 Å². The molecule has 16 heavy (non-hydrogen) atoms. The molecule has 0 bridgehead atoms. The summed E-state index contributed by atoms with van der Waals surface area (Å²) >= 11 is 0. The van der Waals surface area contributed by atoms with Crippen molar-refractivity contribution in [3.63, 3.8) is 0 Å². The lowest BCUT2D eigenvalue weighted by Gasteiger charge is -2.28. The lowest BCUT2D eigenvalue weighted by atomic mass is 10.4. The van der Waals surface area contributed by atoms with Crippen LogP contribution in [0.2, 0.25) is 0 Å². The predicted octanol–water partition coefficient (Wildman–Crippen LogP) is -1.96. The van der Waals surface area contributed by atoms with E-state index >= 15 is 0 Å². The zero-order valence-corrected chi connectivity index (χ0v) is 11.0. The Morgan fingerprint density at radius 2 is 1.12 bits per heavy atom. The first kappa shape index (κ1) is 20.8. The van der Waals surface area contributed by atoms with Crippen LogP contribution in [0.3, 0.4) is 0 Å². The average molecular weight is 276 g/mol. The maximum atomic E-state index is 10.3. The molecule has 98 valence electrons. The molecule has 0 heterocycles. The van der Waals surface area contributed by atoms with E-state index in [1.165, 1.54) is 0 Å². The third kappa shape index (κ3) is 6.15. The summed E-state index contributed by atoms with van der Waals surface area (Å²) in [6.07, 6.45) is 0. The lowest BCUT2D eigenvalue weighted by Crippen LogP contribution is -2.45. The van der Waals surface area contributed by atoms with Crippen LogP contribution in [0.15, 0.2) is 0 Å². The van der Waals surface area contributed by atoms with E-state index in [1.54, 1.807) is 0 Å². The van der Waals surface area contributed by atoms with Crippen molar-refractivity contribution in [3.8, 4) is 0 Å². The first-order valence-electron chi connectivity index (χ1n) is 3.34. The molecular formula is C6H16N2O6S2. The van der Waals surface area contributed by atoms with Gasteiger partial charge in [0.1, 0.15) is 0 Å². The number of hydrogen-bond donors (Lipinski definition) is 4. The number of carboxylic acid groups (broad SMARTS) is 2. The molecule has 10 heteroatoms. The van der Waals surface area contributed by atoms with Crippen molar-refractivity contribution in [1.82, 2.24) is 12.3 Å². The van der Waals surface area contributed by atoms with Gasteiger partial charge >= 0.3 is 0 Å². The normalized spacial score (nSPS) is 17.0. The molecule has 0 rings (SSSR count). The Morgan fingerprint density at radius 3 is 1.25 bits per heavy atom. The Kier molecular flexibility index (Phi) is 9.03. The SMILES string of the molecule is CC(O)(SSC(C)(O)C(=O)[O-])C(=O)[O-].[NH4+].[NH4+]. The van der Waals surface area contributed by atoms with Crippen LogP contribution in [0, 0.1) is 0 Å². The fraction of sp³-hybridized carbons (Fsp3) is 0.667. The molecule has 2 atom stereocenters. The first-order valence-corrected chi connectivity index (χ1v) is 5.49. The second-order valence-corrected chi connectivity index (χ2v) is 5.63. The minimum absolute atomic E-state index is 0. The van der Waals surface area contributed by atoms with E-state index in [9.17, 15) is 19.8 Å². The molecule has 2 unspecified atom stereocenters. The number of carboxylic acids is 2. The molecule has 0 aliphatic rings. The predicted molar refractivity (Wildman–Crippen MR) is 58.4 cm³/mol. The largest absolute Gasteiger partial charge is 0.546 e. The molecule has 0 radical (unpaired) electrons. The van der Waals surface area contributed by atoms with Gasteiger partial charge in [-0.15, -0.1) is 0 Å². The van der Waals surface area contributed by atoms with Gasteiger partial charge in [-0.05, 0) is 35.4 Å². The number of rotatable bonds is 5. The minimum atomic E-state index is -2.27. The van der Waals surface area contributed by atoms with Crippen molar-refractivity contribution < 1.29 is 30.0 Å². The van der Waals surface area contributed by atoms with Gasteiger partial charge in [-0.2, -0.15) is 0 Å². The van der Waals surface area contributed by atoms with Gasteiger partial charge < -0.3 is 42.3 Å². The highest BCUT2D eigenvalue weighted by atomic mass is 33.1. The van der Waals surface area contributed by atoms with Crippen LogP contribution in [-0.4, -0.2) is 32.0 Å². The van der Waals surface area contributed by atoms with Crippen molar-refractivity contribution in [2.24, 2.45) is 0 Å². The summed E-state index contributed by atoms with van der Waals surface area (Å²) in [5, 5.41) is 38.7. The second-order valence-electron chi connectivity index (χ2n) is 2.71. The Bertz CT molecular complexity index is 231. The number of carbonyl (C=O) groups excluding carboxylic acids is 2. The zero-order valence-electron chi connectivity index (χ0n) is 9.34. The number of aliphatic hydroxyl groups is 2. The zero-order chi connectivity index (χ0) is 11.6. The van der Waals surface area contributed by atoms with Crippen LogP contribution >= 0.6 is 21.6 Å². The van der Waals surface area contributed by atoms with Crippen LogP contribution in [0.25, 0.3) is 0 Å². The van der Waals surface area contributed by atoms with Crippen molar-refractivity contribution in [2.45, 2.75) is 23.7 Å². The molecule has 0 saturated heterocycles. The summed E-state index contributed by atoms with van der Waals surface area (Å²) in [5.41, 5.74) is 0. The summed E-state index contributed by atoms with van der Waals surface area (Å²) in [6.45, 7) is 1.82. The summed E-state index contributed by atoms with van der Waals surface area (Å²) in [4.78, 5) is 16.0. The van der Waals surface area contributed by atoms with Gasteiger partial charge in [-0.25, -0.2) is 0 Å².